The van der Waals surface area contributed by atoms with Gasteiger partial charge in [0.05, 0.1) is 7.11 Å². The van der Waals surface area contributed by atoms with Gasteiger partial charge in [0.25, 0.3) is 0 Å². The number of aryl methyl sites for hydroxylation is 1. The number of hydrogen-bond acceptors (Lipinski definition) is 1. The first-order valence-electron chi connectivity index (χ1n) is 6.17. The molecular weight excluding hydrogens is 239 g/mol. The van der Waals surface area contributed by atoms with Gasteiger partial charge in [-0.05, 0) is 42.3 Å². The molecule has 2 aromatic carbocycles. The van der Waals surface area contributed by atoms with E-state index in [1.807, 2.05) is 12.1 Å². The van der Waals surface area contributed by atoms with Gasteiger partial charge in [-0.25, -0.2) is 4.39 Å². The smallest absolute Gasteiger partial charge is 0.166 e. The molecule has 0 fully saturated rings. The molecule has 0 heterocycles. The molecule has 0 aromatic heterocycles. The van der Waals surface area contributed by atoms with E-state index in [1.54, 1.807) is 12.1 Å². The topological polar surface area (TPSA) is 9.23 Å². The van der Waals surface area contributed by atoms with Crippen LogP contribution in [0.1, 0.15) is 23.6 Å². The van der Waals surface area contributed by atoms with E-state index >= 15 is 0 Å². The van der Waals surface area contributed by atoms with Crippen LogP contribution >= 0.6 is 0 Å². The van der Waals surface area contributed by atoms with E-state index in [-0.39, 0.29) is 5.75 Å². The molecule has 2 heteroatoms. The van der Waals surface area contributed by atoms with Crippen molar-refractivity contribution in [1.29, 1.82) is 0 Å². The van der Waals surface area contributed by atoms with Crippen molar-refractivity contribution in [3.05, 3.63) is 65.0 Å². The average Bonchev–Trinajstić information content (AvgIpc) is 2.46. The predicted octanol–water partition coefficient (Wildman–Crippen LogP) is 3.80. The van der Waals surface area contributed by atoms with Gasteiger partial charge >= 0.3 is 0 Å². The monoisotopic (exact) mass is 254 g/mol. The quantitative estimate of drug-likeness (QED) is 0.741. The first-order valence-corrected chi connectivity index (χ1v) is 6.17. The van der Waals surface area contributed by atoms with Crippen molar-refractivity contribution in [1.82, 2.24) is 0 Å². The van der Waals surface area contributed by atoms with Crippen molar-refractivity contribution in [3.8, 4) is 17.6 Å². The van der Waals surface area contributed by atoms with Crippen LogP contribution < -0.4 is 4.74 Å². The molecule has 1 nitrogen and oxygen atoms in total. The van der Waals surface area contributed by atoms with Crippen LogP contribution in [-0.4, -0.2) is 7.11 Å². The largest absolute Gasteiger partial charge is 0.494 e. The molecular formula is C17H15FO. The maximum atomic E-state index is 13.5. The Kier molecular flexibility index (Phi) is 4.20. The summed E-state index contributed by atoms with van der Waals surface area (Å²) in [4.78, 5) is 0. The highest BCUT2D eigenvalue weighted by Crippen LogP contribution is 2.17. The molecule has 96 valence electrons. The molecule has 0 saturated carbocycles. The Morgan fingerprint density at radius 1 is 1.00 bits per heavy atom. The van der Waals surface area contributed by atoms with E-state index in [0.29, 0.717) is 5.56 Å². The molecule has 2 aromatic rings. The summed E-state index contributed by atoms with van der Waals surface area (Å²) >= 11 is 0. The summed E-state index contributed by atoms with van der Waals surface area (Å²) < 4.78 is 18.3. The van der Waals surface area contributed by atoms with Crippen molar-refractivity contribution in [2.45, 2.75) is 13.3 Å². The fourth-order valence-electron chi connectivity index (χ4n) is 1.71. The third-order valence-corrected chi connectivity index (χ3v) is 2.87. The standard InChI is InChI=1S/C17H15FO/c1-3-13-4-6-14(7-5-13)8-9-15-10-11-17(19-2)16(18)12-15/h4-7,10-12H,3H2,1-2H3. The van der Waals surface area contributed by atoms with Crippen LogP contribution in [-0.2, 0) is 6.42 Å². The fourth-order valence-corrected chi connectivity index (χ4v) is 1.71. The van der Waals surface area contributed by atoms with Gasteiger partial charge in [-0.15, -0.1) is 0 Å². The first kappa shape index (κ1) is 13.2. The molecule has 0 atom stereocenters. The van der Waals surface area contributed by atoms with Crippen LogP contribution in [0.15, 0.2) is 42.5 Å². The zero-order valence-corrected chi connectivity index (χ0v) is 11.0. The minimum Gasteiger partial charge on any atom is -0.494 e. The van der Waals surface area contributed by atoms with Gasteiger partial charge in [0.1, 0.15) is 0 Å². The van der Waals surface area contributed by atoms with Crippen molar-refractivity contribution >= 4 is 0 Å². The Morgan fingerprint density at radius 2 is 1.63 bits per heavy atom. The van der Waals surface area contributed by atoms with E-state index in [1.165, 1.54) is 18.7 Å². The Balaban J connectivity index is 2.21. The lowest BCUT2D eigenvalue weighted by Crippen LogP contribution is -1.88. The molecule has 0 spiro atoms. The molecule has 0 N–H and O–H groups in total. The molecule has 0 aliphatic rings. The maximum Gasteiger partial charge on any atom is 0.166 e. The predicted molar refractivity (Wildman–Crippen MR) is 74.8 cm³/mol. The Hall–Kier alpha value is -2.27. The summed E-state index contributed by atoms with van der Waals surface area (Å²) in [6, 6.07) is 12.8. The fraction of sp³-hybridized carbons (Fsp3) is 0.176. The number of benzene rings is 2. The summed E-state index contributed by atoms with van der Waals surface area (Å²) in [6.45, 7) is 2.11. The van der Waals surface area contributed by atoms with Gasteiger partial charge < -0.3 is 4.74 Å². The van der Waals surface area contributed by atoms with Crippen molar-refractivity contribution in [2.24, 2.45) is 0 Å². The number of hydrogen-bond donors (Lipinski definition) is 0. The lowest BCUT2D eigenvalue weighted by Gasteiger charge is -2.00. The van der Waals surface area contributed by atoms with Gasteiger partial charge in [-0.2, -0.15) is 0 Å². The number of methoxy groups -OCH3 is 1. The summed E-state index contributed by atoms with van der Waals surface area (Å²) in [5.41, 5.74) is 2.84. The normalized spacial score (nSPS) is 9.63. The van der Waals surface area contributed by atoms with Gasteiger partial charge in [0.2, 0.25) is 0 Å². The highest BCUT2D eigenvalue weighted by atomic mass is 19.1. The second-order valence-corrected chi connectivity index (χ2v) is 4.15. The molecule has 0 amide bonds. The van der Waals surface area contributed by atoms with Gasteiger partial charge in [-0.1, -0.05) is 30.9 Å². The molecule has 0 radical (unpaired) electrons. The highest BCUT2D eigenvalue weighted by molar-refractivity contribution is 5.45. The zero-order valence-electron chi connectivity index (χ0n) is 11.0. The molecule has 0 aliphatic carbocycles. The highest BCUT2D eigenvalue weighted by Gasteiger charge is 2.01. The zero-order chi connectivity index (χ0) is 13.7. The van der Waals surface area contributed by atoms with Crippen LogP contribution in [0.4, 0.5) is 4.39 Å². The number of rotatable bonds is 2. The molecule has 0 aliphatic heterocycles. The summed E-state index contributed by atoms with van der Waals surface area (Å²) in [6.07, 6.45) is 1.01. The van der Waals surface area contributed by atoms with Gasteiger partial charge in [0.15, 0.2) is 11.6 Å². The molecule has 0 bridgehead atoms. The summed E-state index contributed by atoms with van der Waals surface area (Å²) in [5, 5.41) is 0. The molecule has 2 rings (SSSR count). The molecule has 0 saturated heterocycles. The van der Waals surface area contributed by atoms with Crippen molar-refractivity contribution in [3.63, 3.8) is 0 Å². The third-order valence-electron chi connectivity index (χ3n) is 2.87. The minimum atomic E-state index is -0.393. The van der Waals surface area contributed by atoms with Crippen molar-refractivity contribution < 1.29 is 9.13 Å². The lowest BCUT2D eigenvalue weighted by atomic mass is 10.1. The Morgan fingerprint density at radius 3 is 2.21 bits per heavy atom. The summed E-state index contributed by atoms with van der Waals surface area (Å²) in [5.74, 6) is 5.81. The van der Waals surface area contributed by atoms with E-state index in [9.17, 15) is 4.39 Å². The second-order valence-electron chi connectivity index (χ2n) is 4.15. The second kappa shape index (κ2) is 6.06. The number of ether oxygens (including phenoxy) is 1. The van der Waals surface area contributed by atoms with Gasteiger partial charge in [-0.3, -0.25) is 0 Å². The Bertz CT molecular complexity index is 618. The van der Waals surface area contributed by atoms with E-state index in [0.717, 1.165) is 12.0 Å². The van der Waals surface area contributed by atoms with Crippen molar-refractivity contribution in [2.75, 3.05) is 7.11 Å². The van der Waals surface area contributed by atoms with E-state index in [4.69, 9.17) is 4.74 Å². The lowest BCUT2D eigenvalue weighted by molar-refractivity contribution is 0.386. The third kappa shape index (κ3) is 3.35. The minimum absolute atomic E-state index is 0.234. The SMILES string of the molecule is CCc1ccc(C#Cc2ccc(OC)c(F)c2)cc1. The van der Waals surface area contributed by atoms with E-state index in [2.05, 4.69) is 30.9 Å². The van der Waals surface area contributed by atoms with Crippen LogP contribution in [0.5, 0.6) is 5.75 Å². The van der Waals surface area contributed by atoms with Crippen LogP contribution in [0, 0.1) is 17.7 Å². The molecule has 0 unspecified atom stereocenters. The average molecular weight is 254 g/mol. The maximum absolute atomic E-state index is 13.5. The summed E-state index contributed by atoms with van der Waals surface area (Å²) in [7, 11) is 1.44. The van der Waals surface area contributed by atoms with E-state index < -0.39 is 5.82 Å². The van der Waals surface area contributed by atoms with Crippen LogP contribution in [0.25, 0.3) is 0 Å². The Labute approximate surface area is 113 Å². The first-order chi connectivity index (χ1) is 9.22. The molecule has 19 heavy (non-hydrogen) atoms. The van der Waals surface area contributed by atoms with Crippen LogP contribution in [0.3, 0.4) is 0 Å². The van der Waals surface area contributed by atoms with Gasteiger partial charge in [0, 0.05) is 11.1 Å². The van der Waals surface area contributed by atoms with Crippen LogP contribution in [0.2, 0.25) is 0 Å². The number of halogens is 1.